The molecule has 0 fully saturated rings. The van der Waals surface area contributed by atoms with Gasteiger partial charge in [-0.25, -0.2) is 0 Å². The summed E-state index contributed by atoms with van der Waals surface area (Å²) in [5.74, 6) is 0. The normalized spacial score (nSPS) is 12.1. The molecule has 0 aliphatic carbocycles. The van der Waals surface area contributed by atoms with E-state index in [1.165, 1.54) is 23.5 Å². The quantitative estimate of drug-likeness (QED) is 0.840. The summed E-state index contributed by atoms with van der Waals surface area (Å²) in [4.78, 5) is 13.6. The van der Waals surface area contributed by atoms with E-state index < -0.39 is 11.7 Å². The molecule has 2 rings (SSSR count). The third kappa shape index (κ3) is 4.20. The molecule has 120 valence electrons. The van der Waals surface area contributed by atoms with E-state index in [2.05, 4.69) is 0 Å². The molecule has 3 nitrogen and oxygen atoms in total. The minimum atomic E-state index is -4.30. The Morgan fingerprint density at radius 3 is 2.36 bits per heavy atom. The first-order chi connectivity index (χ1) is 10.3. The zero-order valence-corrected chi connectivity index (χ0v) is 13.2. The molecule has 0 aliphatic heterocycles. The molecule has 22 heavy (non-hydrogen) atoms. The van der Waals surface area contributed by atoms with Crippen LogP contribution in [-0.2, 0) is 19.3 Å². The van der Waals surface area contributed by atoms with Crippen LogP contribution in [0.3, 0.4) is 0 Å². The second-order valence-electron chi connectivity index (χ2n) is 5.23. The number of nitrogens with zero attached hydrogens (tertiary/aromatic N) is 2. The number of thiazole rings is 1. The van der Waals surface area contributed by atoms with Crippen LogP contribution in [0.15, 0.2) is 34.4 Å². The van der Waals surface area contributed by atoms with Crippen molar-refractivity contribution in [3.8, 4) is 0 Å². The number of likely N-dealkylation sites (N-methyl/N-ethyl adjacent to an activating group) is 1. The number of rotatable bonds is 5. The van der Waals surface area contributed by atoms with Gasteiger partial charge in [0.05, 0.1) is 5.56 Å². The van der Waals surface area contributed by atoms with Crippen molar-refractivity contribution in [2.24, 2.45) is 0 Å². The molecule has 1 aromatic heterocycles. The van der Waals surface area contributed by atoms with Crippen molar-refractivity contribution >= 4 is 11.3 Å². The number of halogens is 3. The summed E-state index contributed by atoms with van der Waals surface area (Å²) in [6.07, 6.45) is -4.30. The lowest BCUT2D eigenvalue weighted by molar-refractivity contribution is -0.137. The number of aromatic nitrogens is 1. The van der Waals surface area contributed by atoms with Crippen LogP contribution in [-0.4, -0.2) is 23.1 Å². The van der Waals surface area contributed by atoms with Gasteiger partial charge in [-0.1, -0.05) is 23.5 Å². The fourth-order valence-electron chi connectivity index (χ4n) is 2.14. The van der Waals surface area contributed by atoms with E-state index in [1.54, 1.807) is 4.57 Å². The Morgan fingerprint density at radius 2 is 1.86 bits per heavy atom. The molecule has 2 aromatic rings. The predicted octanol–water partition coefficient (Wildman–Crippen LogP) is 3.37. The monoisotopic (exact) mass is 330 g/mol. The molecular formula is C15H17F3N2OS. The van der Waals surface area contributed by atoms with Gasteiger partial charge >= 0.3 is 11.0 Å². The minimum absolute atomic E-state index is 0.0143. The fourth-order valence-corrected chi connectivity index (χ4v) is 2.90. The largest absolute Gasteiger partial charge is 0.416 e. The number of benzene rings is 1. The Bertz CT molecular complexity index is 673. The zero-order valence-electron chi connectivity index (χ0n) is 12.4. The van der Waals surface area contributed by atoms with Crippen LogP contribution in [0, 0.1) is 6.92 Å². The molecule has 0 bridgehead atoms. The highest BCUT2D eigenvalue weighted by Crippen LogP contribution is 2.29. The van der Waals surface area contributed by atoms with Gasteiger partial charge in [0.2, 0.25) is 0 Å². The summed E-state index contributed by atoms with van der Waals surface area (Å²) in [6.45, 7) is 3.65. The van der Waals surface area contributed by atoms with E-state index in [4.69, 9.17) is 0 Å². The lowest BCUT2D eigenvalue weighted by Crippen LogP contribution is -2.26. The van der Waals surface area contributed by atoms with E-state index in [-0.39, 0.29) is 4.87 Å². The van der Waals surface area contributed by atoms with Crippen molar-refractivity contribution in [2.45, 2.75) is 26.2 Å². The van der Waals surface area contributed by atoms with Crippen LogP contribution in [0.1, 0.15) is 16.8 Å². The number of hydrogen-bond donors (Lipinski definition) is 0. The highest BCUT2D eigenvalue weighted by atomic mass is 32.1. The van der Waals surface area contributed by atoms with Crippen molar-refractivity contribution in [2.75, 3.05) is 13.6 Å². The first-order valence-corrected chi connectivity index (χ1v) is 7.65. The van der Waals surface area contributed by atoms with Crippen molar-refractivity contribution in [3.05, 3.63) is 56.1 Å². The third-order valence-electron chi connectivity index (χ3n) is 3.42. The minimum Gasteiger partial charge on any atom is -0.302 e. The van der Waals surface area contributed by atoms with Gasteiger partial charge in [0, 0.05) is 30.7 Å². The Balaban J connectivity index is 1.92. The highest BCUT2D eigenvalue weighted by molar-refractivity contribution is 7.07. The van der Waals surface area contributed by atoms with Crippen molar-refractivity contribution in [1.82, 2.24) is 9.47 Å². The summed E-state index contributed by atoms with van der Waals surface area (Å²) in [5.41, 5.74) is 1.10. The van der Waals surface area contributed by atoms with E-state index in [1.807, 2.05) is 24.3 Å². The Hall–Kier alpha value is -1.60. The number of aryl methyl sites for hydroxylation is 1. The lowest BCUT2D eigenvalue weighted by Gasteiger charge is -2.17. The smallest absolute Gasteiger partial charge is 0.302 e. The number of alkyl halides is 3. The van der Waals surface area contributed by atoms with E-state index >= 15 is 0 Å². The fraction of sp³-hybridized carbons (Fsp3) is 0.400. The first-order valence-electron chi connectivity index (χ1n) is 6.77. The second-order valence-corrected chi connectivity index (χ2v) is 6.05. The molecule has 7 heteroatoms. The van der Waals surface area contributed by atoms with Crippen LogP contribution in [0.2, 0.25) is 0 Å². The first kappa shape index (κ1) is 16.8. The van der Waals surface area contributed by atoms with Gasteiger partial charge in [0.1, 0.15) is 0 Å². The van der Waals surface area contributed by atoms with Crippen LogP contribution >= 0.6 is 11.3 Å². The predicted molar refractivity (Wildman–Crippen MR) is 81.1 cm³/mol. The molecule has 0 amide bonds. The Kier molecular flexibility index (Phi) is 5.08. The topological polar surface area (TPSA) is 25.2 Å². The van der Waals surface area contributed by atoms with Crippen LogP contribution in [0.25, 0.3) is 0 Å². The third-order valence-corrected chi connectivity index (χ3v) is 4.30. The van der Waals surface area contributed by atoms with Gasteiger partial charge in [-0.2, -0.15) is 13.2 Å². The SMILES string of the molecule is Cc1csc(=O)n1CCN(C)Cc1ccc(C(F)(F)F)cc1. The average Bonchev–Trinajstić information content (AvgIpc) is 2.75. The van der Waals surface area contributed by atoms with Crippen molar-refractivity contribution < 1.29 is 13.2 Å². The molecule has 0 atom stereocenters. The molecule has 1 aromatic carbocycles. The van der Waals surface area contributed by atoms with Gasteiger partial charge in [0.25, 0.3) is 0 Å². The van der Waals surface area contributed by atoms with E-state index in [0.717, 1.165) is 23.4 Å². The second kappa shape index (κ2) is 6.66. The molecule has 0 unspecified atom stereocenters. The Labute approximate surface area is 130 Å². The molecule has 1 heterocycles. The average molecular weight is 330 g/mol. The summed E-state index contributed by atoms with van der Waals surface area (Å²) in [5, 5.41) is 1.82. The Morgan fingerprint density at radius 1 is 1.23 bits per heavy atom. The number of hydrogen-bond acceptors (Lipinski definition) is 3. The summed E-state index contributed by atoms with van der Waals surface area (Å²) >= 11 is 1.17. The summed E-state index contributed by atoms with van der Waals surface area (Å²) in [7, 11) is 1.88. The zero-order chi connectivity index (χ0) is 16.3. The molecule has 0 aliphatic rings. The van der Waals surface area contributed by atoms with Crippen LogP contribution in [0.4, 0.5) is 13.2 Å². The van der Waals surface area contributed by atoms with Crippen molar-refractivity contribution in [1.29, 1.82) is 0 Å². The molecule has 0 spiro atoms. The maximum Gasteiger partial charge on any atom is 0.416 e. The molecular weight excluding hydrogens is 313 g/mol. The standard InChI is InChI=1S/C15H17F3N2OS/c1-11-10-22-14(21)20(11)8-7-19(2)9-12-3-5-13(6-4-12)15(16,17)18/h3-6,10H,7-9H2,1-2H3. The van der Waals surface area contributed by atoms with Crippen LogP contribution in [0.5, 0.6) is 0 Å². The highest BCUT2D eigenvalue weighted by Gasteiger charge is 2.29. The van der Waals surface area contributed by atoms with Crippen LogP contribution < -0.4 is 4.87 Å². The maximum absolute atomic E-state index is 12.5. The van der Waals surface area contributed by atoms with Gasteiger partial charge in [0.15, 0.2) is 0 Å². The van der Waals surface area contributed by atoms with Gasteiger partial charge in [-0.05, 0) is 31.7 Å². The molecule has 0 saturated carbocycles. The molecule has 0 N–H and O–H groups in total. The maximum atomic E-state index is 12.5. The van der Waals surface area contributed by atoms with Crippen molar-refractivity contribution in [3.63, 3.8) is 0 Å². The van der Waals surface area contributed by atoms with E-state index in [0.29, 0.717) is 19.6 Å². The van der Waals surface area contributed by atoms with E-state index in [9.17, 15) is 18.0 Å². The van der Waals surface area contributed by atoms with Gasteiger partial charge < -0.3 is 9.47 Å². The van der Waals surface area contributed by atoms with Gasteiger partial charge in [-0.3, -0.25) is 4.79 Å². The summed E-state index contributed by atoms with van der Waals surface area (Å²) < 4.78 is 39.2. The summed E-state index contributed by atoms with van der Waals surface area (Å²) in [6, 6.07) is 5.16. The molecule has 0 saturated heterocycles. The molecule has 0 radical (unpaired) electrons. The van der Waals surface area contributed by atoms with Gasteiger partial charge in [-0.15, -0.1) is 0 Å². The lowest BCUT2D eigenvalue weighted by atomic mass is 10.1.